The predicted octanol–water partition coefficient (Wildman–Crippen LogP) is 8.13. The molecule has 12 heteroatoms. The number of rotatable bonds is 9. The summed E-state index contributed by atoms with van der Waals surface area (Å²) in [6.07, 6.45) is 1.31. The van der Waals surface area contributed by atoms with Crippen LogP contribution in [0.2, 0.25) is 20.1 Å². The molecule has 0 bridgehead atoms. The summed E-state index contributed by atoms with van der Waals surface area (Å²) >= 11 is 24.9. The van der Waals surface area contributed by atoms with E-state index in [1.165, 1.54) is 31.4 Å². The van der Waals surface area contributed by atoms with E-state index in [-0.39, 0.29) is 41.0 Å². The first-order chi connectivity index (χ1) is 21.1. The highest BCUT2D eigenvalue weighted by Crippen LogP contribution is 2.38. The minimum atomic E-state index is -0.887. The Hall–Kier alpha value is -4.21. The fourth-order valence-electron chi connectivity index (χ4n) is 4.28. The molecule has 0 spiro atoms. The maximum Gasteiger partial charge on any atom is 0.335 e. The molecule has 4 amide bonds. The Bertz CT molecular complexity index is 1790. The molecule has 0 aromatic heterocycles. The van der Waals surface area contributed by atoms with Crippen LogP contribution >= 0.6 is 46.4 Å². The van der Waals surface area contributed by atoms with Crippen molar-refractivity contribution in [2.45, 2.75) is 13.2 Å². The van der Waals surface area contributed by atoms with E-state index in [1.807, 2.05) is 18.2 Å². The van der Waals surface area contributed by atoms with Crippen LogP contribution in [0.3, 0.4) is 0 Å². The predicted molar refractivity (Wildman–Crippen MR) is 170 cm³/mol. The smallest absolute Gasteiger partial charge is 0.335 e. The summed E-state index contributed by atoms with van der Waals surface area (Å²) in [6.45, 7) is 0.308. The van der Waals surface area contributed by atoms with E-state index < -0.39 is 17.8 Å². The van der Waals surface area contributed by atoms with Crippen molar-refractivity contribution in [2.24, 2.45) is 0 Å². The van der Waals surface area contributed by atoms with Crippen molar-refractivity contribution < 1.29 is 28.6 Å². The maximum absolute atomic E-state index is 13.4. The first kappa shape index (κ1) is 31.2. The number of nitrogens with one attached hydrogen (secondary N) is 1. The number of anilines is 1. The molecule has 0 radical (unpaired) electrons. The SMILES string of the molecule is COc1cc(/C=C2\C(=O)NC(=O)N(c3ccc(OCc4ccccc4Cl)cc3)C2=O)cc(Cl)c1OCc1ccc(Cl)cc1Cl. The van der Waals surface area contributed by atoms with Crippen LogP contribution in [0.1, 0.15) is 16.7 Å². The van der Waals surface area contributed by atoms with Gasteiger partial charge in [-0.2, -0.15) is 0 Å². The standard InChI is InChI=1S/C32H22Cl4N2O6/c1-42-28-14-18(13-27(36)29(28)44-17-20-6-7-21(33)15-26(20)35)12-24-30(39)37-32(41)38(31(24)40)22-8-10-23(11-9-22)43-16-19-4-2-3-5-25(19)34/h2-15H,16-17H2,1H3,(H,37,39,41)/b24-12+. The lowest BCUT2D eigenvalue weighted by Gasteiger charge is -2.26. The highest BCUT2D eigenvalue weighted by atomic mass is 35.5. The van der Waals surface area contributed by atoms with E-state index in [0.29, 0.717) is 31.9 Å². The quantitative estimate of drug-likeness (QED) is 0.143. The zero-order chi connectivity index (χ0) is 31.4. The number of barbiturate groups is 1. The van der Waals surface area contributed by atoms with E-state index >= 15 is 0 Å². The van der Waals surface area contributed by atoms with Gasteiger partial charge in [-0.05, 0) is 66.2 Å². The molecule has 5 rings (SSSR count). The molecule has 8 nitrogen and oxygen atoms in total. The second kappa shape index (κ2) is 13.6. The van der Waals surface area contributed by atoms with E-state index in [4.69, 9.17) is 60.6 Å². The van der Waals surface area contributed by atoms with Crippen LogP contribution in [-0.2, 0) is 22.8 Å². The summed E-state index contributed by atoms with van der Waals surface area (Å²) in [5, 5.41) is 3.85. The van der Waals surface area contributed by atoms with Gasteiger partial charge < -0.3 is 14.2 Å². The number of amides is 4. The van der Waals surface area contributed by atoms with Crippen molar-refractivity contribution in [2.75, 3.05) is 12.0 Å². The minimum Gasteiger partial charge on any atom is -0.493 e. The first-order valence-corrected chi connectivity index (χ1v) is 14.5. The Morgan fingerprint density at radius 3 is 2.18 bits per heavy atom. The molecule has 0 unspecified atom stereocenters. The van der Waals surface area contributed by atoms with Crippen molar-refractivity contribution >= 4 is 76.0 Å². The van der Waals surface area contributed by atoms with Crippen molar-refractivity contribution in [1.29, 1.82) is 0 Å². The largest absolute Gasteiger partial charge is 0.493 e. The van der Waals surface area contributed by atoms with Crippen LogP contribution in [0.5, 0.6) is 17.2 Å². The first-order valence-electron chi connectivity index (χ1n) is 13.0. The molecule has 4 aromatic rings. The number of methoxy groups -OCH3 is 1. The van der Waals surface area contributed by atoms with Gasteiger partial charge in [-0.25, -0.2) is 9.69 Å². The zero-order valence-electron chi connectivity index (χ0n) is 22.9. The topological polar surface area (TPSA) is 94.2 Å². The number of urea groups is 1. The van der Waals surface area contributed by atoms with Crippen LogP contribution in [0, 0.1) is 0 Å². The van der Waals surface area contributed by atoms with Crippen LogP contribution in [0.15, 0.2) is 84.4 Å². The molecule has 0 aliphatic carbocycles. The van der Waals surface area contributed by atoms with E-state index in [1.54, 1.807) is 42.5 Å². The summed E-state index contributed by atoms with van der Waals surface area (Å²) in [5.74, 6) is -0.707. The fraction of sp³-hybridized carbons (Fsp3) is 0.0938. The van der Waals surface area contributed by atoms with Gasteiger partial charge in [-0.1, -0.05) is 70.7 Å². The summed E-state index contributed by atoms with van der Waals surface area (Å²) in [5.41, 5.74) is 1.79. The van der Waals surface area contributed by atoms with Crippen LogP contribution in [0.25, 0.3) is 6.08 Å². The van der Waals surface area contributed by atoms with E-state index in [9.17, 15) is 14.4 Å². The Morgan fingerprint density at radius 1 is 0.773 bits per heavy atom. The molecule has 0 saturated carbocycles. The van der Waals surface area contributed by atoms with Gasteiger partial charge in [0.15, 0.2) is 11.5 Å². The molecular formula is C32H22Cl4N2O6. The third-order valence-electron chi connectivity index (χ3n) is 6.50. The Kier molecular flexibility index (Phi) is 9.66. The number of hydrogen-bond acceptors (Lipinski definition) is 6. The molecule has 44 heavy (non-hydrogen) atoms. The zero-order valence-corrected chi connectivity index (χ0v) is 25.9. The van der Waals surface area contributed by atoms with Gasteiger partial charge in [0.25, 0.3) is 11.8 Å². The minimum absolute atomic E-state index is 0.0777. The van der Waals surface area contributed by atoms with Crippen molar-refractivity contribution in [3.05, 3.63) is 121 Å². The number of hydrogen-bond donors (Lipinski definition) is 1. The fourth-order valence-corrected chi connectivity index (χ4v) is 5.21. The molecule has 0 atom stereocenters. The summed E-state index contributed by atoms with van der Waals surface area (Å²) in [7, 11) is 1.42. The number of halogens is 4. The number of carbonyl (C=O) groups excluding carboxylic acids is 3. The maximum atomic E-state index is 13.4. The molecule has 224 valence electrons. The number of imide groups is 2. The van der Waals surface area contributed by atoms with Gasteiger partial charge in [0.2, 0.25) is 0 Å². The molecule has 1 saturated heterocycles. The highest BCUT2D eigenvalue weighted by Gasteiger charge is 2.37. The average Bonchev–Trinajstić information content (AvgIpc) is 2.99. The molecule has 1 aliphatic heterocycles. The van der Waals surface area contributed by atoms with Crippen molar-refractivity contribution in [3.63, 3.8) is 0 Å². The number of benzene rings is 4. The van der Waals surface area contributed by atoms with Crippen molar-refractivity contribution in [1.82, 2.24) is 5.32 Å². The van der Waals surface area contributed by atoms with Gasteiger partial charge >= 0.3 is 6.03 Å². The number of ether oxygens (including phenoxy) is 3. The average molecular weight is 672 g/mol. The van der Waals surface area contributed by atoms with Crippen molar-refractivity contribution in [3.8, 4) is 17.2 Å². The van der Waals surface area contributed by atoms with Gasteiger partial charge in [0.1, 0.15) is 24.5 Å². The monoisotopic (exact) mass is 670 g/mol. The molecule has 1 heterocycles. The van der Waals surface area contributed by atoms with Crippen LogP contribution in [-0.4, -0.2) is 25.0 Å². The van der Waals surface area contributed by atoms with Gasteiger partial charge in [-0.15, -0.1) is 0 Å². The third kappa shape index (κ3) is 6.95. The van der Waals surface area contributed by atoms with Crippen LogP contribution < -0.4 is 24.4 Å². The number of nitrogens with zero attached hydrogens (tertiary/aromatic N) is 1. The second-order valence-corrected chi connectivity index (χ2v) is 11.0. The van der Waals surface area contributed by atoms with E-state index in [2.05, 4.69) is 5.32 Å². The highest BCUT2D eigenvalue weighted by molar-refractivity contribution is 6.39. The van der Waals surface area contributed by atoms with Gasteiger partial charge in [-0.3, -0.25) is 14.9 Å². The number of carbonyl (C=O) groups is 3. The van der Waals surface area contributed by atoms with Gasteiger partial charge in [0, 0.05) is 26.2 Å². The lowest BCUT2D eigenvalue weighted by atomic mass is 10.1. The summed E-state index contributed by atoms with van der Waals surface area (Å²) in [6, 6.07) is 20.7. The van der Waals surface area contributed by atoms with E-state index in [0.717, 1.165) is 10.5 Å². The Labute approximate surface area is 272 Å². The summed E-state index contributed by atoms with van der Waals surface area (Å²) < 4.78 is 17.1. The molecule has 1 N–H and O–H groups in total. The lowest BCUT2D eigenvalue weighted by Crippen LogP contribution is -2.54. The Morgan fingerprint density at radius 2 is 1.48 bits per heavy atom. The summed E-state index contributed by atoms with van der Waals surface area (Å²) in [4.78, 5) is 39.7. The van der Waals surface area contributed by atoms with Crippen LogP contribution in [0.4, 0.5) is 10.5 Å². The third-order valence-corrected chi connectivity index (χ3v) is 7.74. The normalized spacial score (nSPS) is 14.1. The molecular weight excluding hydrogens is 650 g/mol. The Balaban J connectivity index is 1.35. The van der Waals surface area contributed by atoms with Gasteiger partial charge in [0.05, 0.1) is 17.8 Å². The second-order valence-electron chi connectivity index (χ2n) is 9.39. The molecule has 1 fully saturated rings. The molecule has 4 aromatic carbocycles. The molecule has 1 aliphatic rings. The lowest BCUT2D eigenvalue weighted by molar-refractivity contribution is -0.122.